The highest BCUT2D eigenvalue weighted by Crippen LogP contribution is 2.42. The van der Waals surface area contributed by atoms with Crippen molar-refractivity contribution in [2.24, 2.45) is 0 Å². The maximum Gasteiger partial charge on any atom is 0.416 e. The largest absolute Gasteiger partial charge is 0.493 e. The number of carbonyl (C=O) groups excluding carboxylic acids is 1. The van der Waals surface area contributed by atoms with Crippen LogP contribution < -0.4 is 14.8 Å². The highest BCUT2D eigenvalue weighted by Gasteiger charge is 2.33. The van der Waals surface area contributed by atoms with Crippen molar-refractivity contribution in [2.45, 2.75) is 6.18 Å². The Morgan fingerprint density at radius 3 is 2.52 bits per heavy atom. The molecule has 162 valence electrons. The van der Waals surface area contributed by atoms with E-state index in [4.69, 9.17) is 21.7 Å². The molecule has 1 aliphatic rings. The molecular formula is C18H10F3IN2O5S2. The van der Waals surface area contributed by atoms with Crippen molar-refractivity contribution in [1.82, 2.24) is 5.32 Å². The molecule has 1 heterocycles. The van der Waals surface area contributed by atoms with Crippen molar-refractivity contribution in [3.05, 3.63) is 60.0 Å². The van der Waals surface area contributed by atoms with Crippen molar-refractivity contribution < 1.29 is 32.4 Å². The van der Waals surface area contributed by atoms with Gasteiger partial charge in [0.1, 0.15) is 4.32 Å². The first kappa shape index (κ1) is 23.3. The number of alkyl halides is 3. The van der Waals surface area contributed by atoms with Crippen LogP contribution in [0.4, 0.5) is 18.9 Å². The Bertz CT molecular complexity index is 1140. The fourth-order valence-electron chi connectivity index (χ4n) is 2.53. The van der Waals surface area contributed by atoms with Crippen molar-refractivity contribution in [2.75, 3.05) is 7.11 Å². The molecule has 13 heteroatoms. The summed E-state index contributed by atoms with van der Waals surface area (Å²) in [7, 11) is 1.34. The molecule has 31 heavy (non-hydrogen) atoms. The van der Waals surface area contributed by atoms with Gasteiger partial charge in [-0.3, -0.25) is 14.9 Å². The predicted octanol–water partition coefficient (Wildman–Crippen LogP) is 5.51. The van der Waals surface area contributed by atoms with Gasteiger partial charge in [-0.2, -0.15) is 13.2 Å². The lowest BCUT2D eigenvalue weighted by molar-refractivity contribution is -0.385. The molecule has 0 aliphatic carbocycles. The highest BCUT2D eigenvalue weighted by molar-refractivity contribution is 14.1. The molecule has 1 aliphatic heterocycles. The summed E-state index contributed by atoms with van der Waals surface area (Å²) in [6.45, 7) is 0. The summed E-state index contributed by atoms with van der Waals surface area (Å²) in [5.74, 6) is -0.479. The van der Waals surface area contributed by atoms with Crippen LogP contribution in [0.25, 0.3) is 6.08 Å². The van der Waals surface area contributed by atoms with Crippen molar-refractivity contribution in [3.8, 4) is 17.2 Å². The van der Waals surface area contributed by atoms with Gasteiger partial charge in [-0.05, 0) is 58.5 Å². The summed E-state index contributed by atoms with van der Waals surface area (Å²) >= 11 is 7.92. The van der Waals surface area contributed by atoms with Crippen molar-refractivity contribution in [3.63, 3.8) is 0 Å². The van der Waals surface area contributed by atoms with Crippen LogP contribution in [-0.2, 0) is 11.0 Å². The molecule has 0 radical (unpaired) electrons. The van der Waals surface area contributed by atoms with E-state index in [9.17, 15) is 28.1 Å². The number of nitrogens with one attached hydrogen (secondary N) is 1. The minimum absolute atomic E-state index is 0.0761. The molecule has 0 unspecified atom stereocenters. The molecule has 0 aromatic heterocycles. The van der Waals surface area contributed by atoms with Crippen LogP contribution in [0.2, 0.25) is 0 Å². The topological polar surface area (TPSA) is 90.7 Å². The predicted molar refractivity (Wildman–Crippen MR) is 120 cm³/mol. The molecule has 0 bridgehead atoms. The van der Waals surface area contributed by atoms with Crippen molar-refractivity contribution >= 4 is 68.6 Å². The maximum atomic E-state index is 12.9. The summed E-state index contributed by atoms with van der Waals surface area (Å²) < 4.78 is 50.4. The number of nitro groups is 1. The van der Waals surface area contributed by atoms with Gasteiger partial charge in [0.2, 0.25) is 5.75 Å². The number of hydrogen-bond acceptors (Lipinski definition) is 7. The third-order valence-electron chi connectivity index (χ3n) is 3.89. The first-order chi connectivity index (χ1) is 14.5. The van der Waals surface area contributed by atoms with Gasteiger partial charge in [-0.25, -0.2) is 0 Å². The molecule has 3 rings (SSSR count). The molecule has 0 atom stereocenters. The fraction of sp³-hybridized carbons (Fsp3) is 0.111. The van der Waals surface area contributed by atoms with Crippen LogP contribution >= 0.6 is 46.6 Å². The lowest BCUT2D eigenvalue weighted by Crippen LogP contribution is -2.17. The number of thioether (sulfide) groups is 1. The number of amides is 1. The van der Waals surface area contributed by atoms with Gasteiger partial charge in [0.15, 0.2) is 11.5 Å². The zero-order valence-electron chi connectivity index (χ0n) is 15.3. The summed E-state index contributed by atoms with van der Waals surface area (Å²) in [5, 5.41) is 13.8. The summed E-state index contributed by atoms with van der Waals surface area (Å²) in [5.41, 5.74) is -1.44. The second-order valence-electron chi connectivity index (χ2n) is 5.93. The molecule has 1 saturated heterocycles. The van der Waals surface area contributed by atoms with Crippen LogP contribution in [0.3, 0.4) is 0 Å². The Hall–Kier alpha value is -2.39. The Morgan fingerprint density at radius 1 is 1.26 bits per heavy atom. The van der Waals surface area contributed by atoms with E-state index in [1.165, 1.54) is 13.2 Å². The minimum Gasteiger partial charge on any atom is -0.493 e. The number of carbonyl (C=O) groups is 1. The molecule has 2 aromatic rings. The normalized spacial score (nSPS) is 15.2. The quantitative estimate of drug-likeness (QED) is 0.164. The van der Waals surface area contributed by atoms with Crippen LogP contribution in [-0.4, -0.2) is 22.3 Å². The number of hydrogen-bond donors (Lipinski definition) is 1. The minimum atomic E-state index is -4.74. The average Bonchev–Trinajstić information content (AvgIpc) is 2.99. The molecule has 0 saturated carbocycles. The van der Waals surface area contributed by atoms with E-state index in [0.717, 1.165) is 17.8 Å². The second-order valence-corrected chi connectivity index (χ2v) is 8.81. The fourth-order valence-corrected chi connectivity index (χ4v) is 4.31. The van der Waals surface area contributed by atoms with E-state index in [0.29, 0.717) is 30.5 Å². The first-order valence-corrected chi connectivity index (χ1v) is 10.5. The molecule has 1 fully saturated rings. The Morgan fingerprint density at radius 2 is 1.97 bits per heavy atom. The summed E-state index contributed by atoms with van der Waals surface area (Å²) in [6.07, 6.45) is -3.16. The smallest absolute Gasteiger partial charge is 0.416 e. The number of methoxy groups -OCH3 is 1. The first-order valence-electron chi connectivity index (χ1n) is 8.15. The number of halogens is 4. The van der Waals surface area contributed by atoms with E-state index in [1.54, 1.807) is 12.1 Å². The molecule has 7 nitrogen and oxygen atoms in total. The highest BCUT2D eigenvalue weighted by atomic mass is 127. The molecule has 1 N–H and O–H groups in total. The number of nitrogens with zero attached hydrogens (tertiary/aromatic N) is 1. The lowest BCUT2D eigenvalue weighted by Gasteiger charge is -2.14. The van der Waals surface area contributed by atoms with Crippen molar-refractivity contribution in [1.29, 1.82) is 0 Å². The molecule has 0 spiro atoms. The van der Waals surface area contributed by atoms with Gasteiger partial charge in [0.05, 0.1) is 26.1 Å². The number of rotatable bonds is 5. The van der Waals surface area contributed by atoms with Crippen LogP contribution in [0.5, 0.6) is 17.2 Å². The van der Waals surface area contributed by atoms with E-state index in [2.05, 4.69) is 5.32 Å². The maximum absolute atomic E-state index is 12.9. The van der Waals surface area contributed by atoms with Gasteiger partial charge in [0.25, 0.3) is 5.91 Å². The molecule has 2 aromatic carbocycles. The monoisotopic (exact) mass is 582 g/mol. The SMILES string of the molecule is COc1cc(/C=C2\SC(=S)NC2=O)cc(I)c1Oc1ccc(C(F)(F)F)cc1[N+](=O)[O-]. The second kappa shape index (κ2) is 9.00. The zero-order valence-corrected chi connectivity index (χ0v) is 19.1. The van der Waals surface area contributed by atoms with E-state index < -0.39 is 22.4 Å². The van der Waals surface area contributed by atoms with Gasteiger partial charge >= 0.3 is 11.9 Å². The third-order valence-corrected chi connectivity index (χ3v) is 5.85. The number of thiocarbonyl (C=S) groups is 1. The van der Waals surface area contributed by atoms with E-state index in [1.807, 2.05) is 22.6 Å². The van der Waals surface area contributed by atoms with E-state index in [-0.39, 0.29) is 23.2 Å². The standard InChI is InChI=1S/C18H10F3IN2O5S2/c1-28-13-5-8(6-14-16(25)23-17(30)31-14)4-10(22)15(13)29-12-3-2-9(18(19,20)21)7-11(12)24(26)27/h2-7H,1H3,(H,23,25,30)/b14-6-. The molecule has 1 amide bonds. The van der Waals surface area contributed by atoms with Gasteiger partial charge in [-0.15, -0.1) is 0 Å². The Kier molecular flexibility index (Phi) is 6.76. The summed E-state index contributed by atoms with van der Waals surface area (Å²) in [6, 6.07) is 5.13. The Labute approximate surface area is 196 Å². The van der Waals surface area contributed by atoms with Crippen LogP contribution in [0, 0.1) is 13.7 Å². The average molecular weight is 582 g/mol. The van der Waals surface area contributed by atoms with Gasteiger partial charge in [0, 0.05) is 6.07 Å². The zero-order chi connectivity index (χ0) is 22.9. The van der Waals surface area contributed by atoms with Crippen LogP contribution in [0.15, 0.2) is 35.2 Å². The van der Waals surface area contributed by atoms with Gasteiger partial charge in [-0.1, -0.05) is 24.0 Å². The number of benzene rings is 2. The number of nitro benzene ring substituents is 1. The Balaban J connectivity index is 2.01. The number of ether oxygens (including phenoxy) is 2. The molecular weight excluding hydrogens is 572 g/mol. The van der Waals surface area contributed by atoms with Crippen LogP contribution in [0.1, 0.15) is 11.1 Å². The third kappa shape index (κ3) is 5.27. The lowest BCUT2D eigenvalue weighted by atomic mass is 10.1. The van der Waals surface area contributed by atoms with E-state index >= 15 is 0 Å². The van der Waals surface area contributed by atoms with Gasteiger partial charge < -0.3 is 14.8 Å². The summed E-state index contributed by atoms with van der Waals surface area (Å²) in [4.78, 5) is 22.6.